The first-order valence-corrected chi connectivity index (χ1v) is 6.67. The first kappa shape index (κ1) is 12.9. The second kappa shape index (κ2) is 5.27. The SMILES string of the molecule is C/C(=C\CO)CS(=O)(=O)c1ccc(C)cc1. The smallest absolute Gasteiger partial charge is 0.182 e. The molecule has 0 saturated carbocycles. The van der Waals surface area contributed by atoms with E-state index in [-0.39, 0.29) is 12.4 Å². The average molecular weight is 240 g/mol. The molecule has 1 aromatic carbocycles. The summed E-state index contributed by atoms with van der Waals surface area (Å²) < 4.78 is 23.8. The van der Waals surface area contributed by atoms with Gasteiger partial charge in [-0.25, -0.2) is 8.42 Å². The molecule has 88 valence electrons. The van der Waals surface area contributed by atoms with Crippen molar-refractivity contribution in [1.82, 2.24) is 0 Å². The molecule has 0 aliphatic heterocycles. The van der Waals surface area contributed by atoms with Crippen LogP contribution < -0.4 is 0 Å². The van der Waals surface area contributed by atoms with E-state index in [1.807, 2.05) is 6.92 Å². The predicted octanol–water partition coefficient (Wildman–Crippen LogP) is 1.71. The van der Waals surface area contributed by atoms with Crippen molar-refractivity contribution in [2.24, 2.45) is 0 Å². The molecular formula is C12H16O3S. The van der Waals surface area contributed by atoms with Gasteiger partial charge in [-0.2, -0.15) is 0 Å². The lowest BCUT2D eigenvalue weighted by atomic mass is 10.2. The Hall–Kier alpha value is -1.13. The van der Waals surface area contributed by atoms with Gasteiger partial charge in [0.1, 0.15) is 0 Å². The summed E-state index contributed by atoms with van der Waals surface area (Å²) in [6.07, 6.45) is 1.51. The van der Waals surface area contributed by atoms with Crippen LogP contribution in [0.5, 0.6) is 0 Å². The molecule has 0 aliphatic rings. The number of aliphatic hydroxyl groups is 1. The fraction of sp³-hybridized carbons (Fsp3) is 0.333. The minimum Gasteiger partial charge on any atom is -0.392 e. The average Bonchev–Trinajstić information content (AvgIpc) is 2.17. The molecule has 1 N–H and O–H groups in total. The highest BCUT2D eigenvalue weighted by Gasteiger charge is 2.14. The van der Waals surface area contributed by atoms with Gasteiger partial charge in [0.2, 0.25) is 0 Å². The Bertz CT molecular complexity index is 469. The van der Waals surface area contributed by atoms with Gasteiger partial charge in [0.05, 0.1) is 17.3 Å². The molecule has 0 spiro atoms. The van der Waals surface area contributed by atoms with Gasteiger partial charge in [-0.3, -0.25) is 0 Å². The molecule has 0 aliphatic carbocycles. The van der Waals surface area contributed by atoms with Crippen molar-refractivity contribution in [3.8, 4) is 0 Å². The molecule has 4 heteroatoms. The van der Waals surface area contributed by atoms with E-state index in [9.17, 15) is 8.42 Å². The van der Waals surface area contributed by atoms with Gasteiger partial charge in [0.15, 0.2) is 9.84 Å². The maximum Gasteiger partial charge on any atom is 0.182 e. The molecule has 0 aromatic heterocycles. The summed E-state index contributed by atoms with van der Waals surface area (Å²) in [5, 5.41) is 8.67. The Kier molecular flexibility index (Phi) is 4.26. The van der Waals surface area contributed by atoms with Gasteiger partial charge in [0.25, 0.3) is 0 Å². The quantitative estimate of drug-likeness (QED) is 0.815. The number of rotatable bonds is 4. The Morgan fingerprint density at radius 3 is 2.38 bits per heavy atom. The molecule has 0 heterocycles. The largest absolute Gasteiger partial charge is 0.392 e. The summed E-state index contributed by atoms with van der Waals surface area (Å²) in [6.45, 7) is 3.48. The number of aryl methyl sites for hydroxylation is 1. The zero-order chi connectivity index (χ0) is 12.2. The standard InChI is InChI=1S/C12H16O3S/c1-10-3-5-12(6-4-10)16(14,15)9-11(2)7-8-13/h3-7,13H,8-9H2,1-2H3/b11-7+. The summed E-state index contributed by atoms with van der Waals surface area (Å²) in [6, 6.07) is 6.77. The summed E-state index contributed by atoms with van der Waals surface area (Å²) in [5.41, 5.74) is 1.68. The lowest BCUT2D eigenvalue weighted by Gasteiger charge is -2.05. The van der Waals surface area contributed by atoms with Crippen molar-refractivity contribution in [3.63, 3.8) is 0 Å². The molecule has 0 saturated heterocycles. The van der Waals surface area contributed by atoms with E-state index in [0.29, 0.717) is 10.5 Å². The van der Waals surface area contributed by atoms with Crippen LogP contribution >= 0.6 is 0 Å². The number of aliphatic hydroxyl groups excluding tert-OH is 1. The van der Waals surface area contributed by atoms with E-state index in [1.165, 1.54) is 6.08 Å². The van der Waals surface area contributed by atoms with E-state index >= 15 is 0 Å². The third-order valence-corrected chi connectivity index (χ3v) is 4.06. The van der Waals surface area contributed by atoms with Crippen molar-refractivity contribution in [1.29, 1.82) is 0 Å². The van der Waals surface area contributed by atoms with Crippen LogP contribution in [0.25, 0.3) is 0 Å². The lowest BCUT2D eigenvalue weighted by Crippen LogP contribution is -2.08. The Morgan fingerprint density at radius 1 is 1.31 bits per heavy atom. The molecule has 3 nitrogen and oxygen atoms in total. The normalized spacial score (nSPS) is 12.8. The van der Waals surface area contributed by atoms with Crippen LogP contribution in [0.15, 0.2) is 40.8 Å². The van der Waals surface area contributed by atoms with E-state index in [2.05, 4.69) is 0 Å². The van der Waals surface area contributed by atoms with Crippen LogP contribution in [0.2, 0.25) is 0 Å². The van der Waals surface area contributed by atoms with Crippen molar-refractivity contribution >= 4 is 9.84 Å². The second-order valence-corrected chi connectivity index (χ2v) is 5.79. The fourth-order valence-corrected chi connectivity index (χ4v) is 2.78. The molecule has 0 atom stereocenters. The van der Waals surface area contributed by atoms with Gasteiger partial charge in [-0.05, 0) is 26.0 Å². The van der Waals surface area contributed by atoms with E-state index < -0.39 is 9.84 Å². The van der Waals surface area contributed by atoms with Gasteiger partial charge < -0.3 is 5.11 Å². The van der Waals surface area contributed by atoms with Crippen molar-refractivity contribution in [2.45, 2.75) is 18.7 Å². The topological polar surface area (TPSA) is 54.4 Å². The third-order valence-electron chi connectivity index (χ3n) is 2.24. The maximum absolute atomic E-state index is 11.9. The Morgan fingerprint density at radius 2 is 1.88 bits per heavy atom. The van der Waals surface area contributed by atoms with Crippen LogP contribution in [0.1, 0.15) is 12.5 Å². The second-order valence-electron chi connectivity index (χ2n) is 3.81. The first-order valence-electron chi connectivity index (χ1n) is 5.01. The molecule has 0 unspecified atom stereocenters. The summed E-state index contributed by atoms with van der Waals surface area (Å²) in [4.78, 5) is 0.323. The Balaban J connectivity index is 2.95. The Labute approximate surface area is 96.4 Å². The molecule has 1 rings (SSSR count). The number of benzene rings is 1. The zero-order valence-corrected chi connectivity index (χ0v) is 10.3. The molecule has 0 bridgehead atoms. The molecule has 16 heavy (non-hydrogen) atoms. The van der Waals surface area contributed by atoms with Crippen LogP contribution in [-0.4, -0.2) is 25.9 Å². The highest BCUT2D eigenvalue weighted by atomic mass is 32.2. The monoisotopic (exact) mass is 240 g/mol. The first-order chi connectivity index (χ1) is 7.45. The minimum absolute atomic E-state index is 0.0450. The fourth-order valence-electron chi connectivity index (χ4n) is 1.34. The molecule has 0 radical (unpaired) electrons. The van der Waals surface area contributed by atoms with E-state index in [4.69, 9.17) is 5.11 Å². The van der Waals surface area contributed by atoms with Gasteiger partial charge in [-0.15, -0.1) is 0 Å². The number of sulfone groups is 1. The van der Waals surface area contributed by atoms with Crippen molar-refractivity contribution in [2.75, 3.05) is 12.4 Å². The van der Waals surface area contributed by atoms with E-state index in [0.717, 1.165) is 5.56 Å². The van der Waals surface area contributed by atoms with Crippen LogP contribution in [0.4, 0.5) is 0 Å². The van der Waals surface area contributed by atoms with Gasteiger partial charge in [-0.1, -0.05) is 29.3 Å². The lowest BCUT2D eigenvalue weighted by molar-refractivity contribution is 0.342. The molecule has 0 amide bonds. The molecule has 0 fully saturated rings. The van der Waals surface area contributed by atoms with Gasteiger partial charge >= 0.3 is 0 Å². The van der Waals surface area contributed by atoms with Crippen LogP contribution in [0.3, 0.4) is 0 Å². The summed E-state index contributed by atoms with van der Waals surface area (Å²) >= 11 is 0. The highest BCUT2D eigenvalue weighted by Crippen LogP contribution is 2.14. The van der Waals surface area contributed by atoms with Gasteiger partial charge in [0, 0.05) is 0 Å². The minimum atomic E-state index is -3.28. The summed E-state index contributed by atoms with van der Waals surface area (Å²) in [5.74, 6) is -0.0450. The predicted molar refractivity (Wildman–Crippen MR) is 64.1 cm³/mol. The maximum atomic E-state index is 11.9. The highest BCUT2D eigenvalue weighted by molar-refractivity contribution is 7.91. The zero-order valence-electron chi connectivity index (χ0n) is 9.47. The number of hydrogen-bond acceptors (Lipinski definition) is 3. The van der Waals surface area contributed by atoms with Crippen LogP contribution in [-0.2, 0) is 9.84 Å². The summed E-state index contributed by atoms with van der Waals surface area (Å²) in [7, 11) is -3.28. The van der Waals surface area contributed by atoms with Crippen molar-refractivity contribution in [3.05, 3.63) is 41.5 Å². The van der Waals surface area contributed by atoms with Crippen LogP contribution in [0, 0.1) is 6.92 Å². The van der Waals surface area contributed by atoms with Crippen molar-refractivity contribution < 1.29 is 13.5 Å². The molecular weight excluding hydrogens is 224 g/mol. The number of hydrogen-bond donors (Lipinski definition) is 1. The molecule has 1 aromatic rings. The van der Waals surface area contributed by atoms with E-state index in [1.54, 1.807) is 31.2 Å². The third kappa shape index (κ3) is 3.47.